The predicted molar refractivity (Wildman–Crippen MR) is 111 cm³/mol. The molecule has 1 aromatic heterocycles. The lowest BCUT2D eigenvalue weighted by atomic mass is 10.0. The van der Waals surface area contributed by atoms with Gasteiger partial charge in [0.15, 0.2) is 0 Å². The Balaban J connectivity index is 1.61. The van der Waals surface area contributed by atoms with Crippen LogP contribution in [0.1, 0.15) is 61.9 Å². The topological polar surface area (TPSA) is 54.0 Å². The van der Waals surface area contributed by atoms with E-state index in [-0.39, 0.29) is 5.91 Å². The minimum atomic E-state index is -0.0537. The molecule has 144 valence electrons. The van der Waals surface area contributed by atoms with Crippen molar-refractivity contribution in [1.29, 1.82) is 0 Å². The number of benzene rings is 1. The van der Waals surface area contributed by atoms with Gasteiger partial charge in [-0.05, 0) is 36.0 Å². The minimum absolute atomic E-state index is 0.0537. The maximum Gasteiger partial charge on any atom is 0.252 e. The molecular weight excluding hydrogens is 334 g/mol. The number of hydrogen-bond donors (Lipinski definition) is 2. The first-order valence-corrected chi connectivity index (χ1v) is 10.2. The van der Waals surface area contributed by atoms with Crippen LogP contribution in [0.5, 0.6) is 0 Å². The summed E-state index contributed by atoms with van der Waals surface area (Å²) in [4.78, 5) is 16.6. The zero-order chi connectivity index (χ0) is 19.1. The van der Waals surface area contributed by atoms with Gasteiger partial charge in [0.05, 0.1) is 5.56 Å². The molecule has 0 radical (unpaired) electrons. The molecular formula is C23H31N3O. The lowest BCUT2D eigenvalue weighted by molar-refractivity contribution is 0.0947. The molecule has 0 bridgehead atoms. The molecule has 1 aromatic carbocycles. The third-order valence-electron chi connectivity index (χ3n) is 5.55. The Bertz CT molecular complexity index is 736. The van der Waals surface area contributed by atoms with Crippen LogP contribution in [0.3, 0.4) is 0 Å². The normalized spacial score (nSPS) is 15.6. The molecule has 2 aromatic rings. The number of rotatable bonds is 8. The molecule has 2 N–H and O–H groups in total. The molecule has 27 heavy (non-hydrogen) atoms. The van der Waals surface area contributed by atoms with E-state index in [0.717, 1.165) is 24.1 Å². The van der Waals surface area contributed by atoms with Gasteiger partial charge in [0.25, 0.3) is 5.91 Å². The van der Waals surface area contributed by atoms with Crippen LogP contribution in [0.15, 0.2) is 42.7 Å². The number of amides is 1. The first-order valence-electron chi connectivity index (χ1n) is 10.2. The SMILES string of the molecule is CC[C@H](C)CNC(=O)c1cncc(-c2ccc(CNC3CCCC3)cc2)c1. The van der Waals surface area contributed by atoms with E-state index in [9.17, 15) is 4.79 Å². The maximum atomic E-state index is 12.4. The van der Waals surface area contributed by atoms with Crippen molar-refractivity contribution in [3.63, 3.8) is 0 Å². The lowest BCUT2D eigenvalue weighted by Crippen LogP contribution is -2.28. The highest BCUT2D eigenvalue weighted by molar-refractivity contribution is 5.95. The molecule has 1 heterocycles. The molecule has 1 amide bonds. The molecule has 4 nitrogen and oxygen atoms in total. The summed E-state index contributed by atoms with van der Waals surface area (Å²) in [6.07, 6.45) is 9.81. The van der Waals surface area contributed by atoms with Crippen molar-refractivity contribution < 1.29 is 4.79 Å². The second-order valence-electron chi connectivity index (χ2n) is 7.74. The maximum absolute atomic E-state index is 12.4. The molecule has 0 spiro atoms. The van der Waals surface area contributed by atoms with Gasteiger partial charge in [0, 0.05) is 37.1 Å². The number of aromatic nitrogens is 1. The highest BCUT2D eigenvalue weighted by atomic mass is 16.1. The van der Waals surface area contributed by atoms with Gasteiger partial charge in [-0.2, -0.15) is 0 Å². The van der Waals surface area contributed by atoms with Gasteiger partial charge in [0.2, 0.25) is 0 Å². The molecule has 1 aliphatic rings. The van der Waals surface area contributed by atoms with Gasteiger partial charge in [-0.25, -0.2) is 0 Å². The molecule has 1 atom stereocenters. The van der Waals surface area contributed by atoms with Crippen LogP contribution in [-0.2, 0) is 6.54 Å². The van der Waals surface area contributed by atoms with Crippen molar-refractivity contribution in [2.75, 3.05) is 6.54 Å². The van der Waals surface area contributed by atoms with Crippen LogP contribution in [0, 0.1) is 5.92 Å². The number of pyridine rings is 1. The van der Waals surface area contributed by atoms with E-state index in [1.54, 1.807) is 6.20 Å². The molecule has 4 heteroatoms. The number of nitrogens with zero attached hydrogens (tertiary/aromatic N) is 1. The number of nitrogens with one attached hydrogen (secondary N) is 2. The van der Waals surface area contributed by atoms with Crippen molar-refractivity contribution in [1.82, 2.24) is 15.6 Å². The highest BCUT2D eigenvalue weighted by Gasteiger charge is 2.14. The third-order valence-corrected chi connectivity index (χ3v) is 5.55. The van der Waals surface area contributed by atoms with Gasteiger partial charge in [-0.1, -0.05) is 57.4 Å². The van der Waals surface area contributed by atoms with Crippen molar-refractivity contribution in [3.8, 4) is 11.1 Å². The first kappa shape index (κ1) is 19.6. The van der Waals surface area contributed by atoms with Crippen LogP contribution in [-0.4, -0.2) is 23.5 Å². The molecule has 1 aliphatic carbocycles. The van der Waals surface area contributed by atoms with E-state index in [0.29, 0.717) is 24.1 Å². The van der Waals surface area contributed by atoms with Crippen molar-refractivity contribution in [2.45, 2.75) is 58.5 Å². The quantitative estimate of drug-likeness (QED) is 0.721. The largest absolute Gasteiger partial charge is 0.352 e. The van der Waals surface area contributed by atoms with Gasteiger partial charge < -0.3 is 10.6 Å². The average Bonchev–Trinajstić information content (AvgIpc) is 3.24. The Kier molecular flexibility index (Phi) is 6.99. The van der Waals surface area contributed by atoms with E-state index < -0.39 is 0 Å². The summed E-state index contributed by atoms with van der Waals surface area (Å²) in [6.45, 7) is 5.88. The van der Waals surface area contributed by atoms with E-state index in [1.807, 2.05) is 12.3 Å². The summed E-state index contributed by atoms with van der Waals surface area (Å²) in [5.41, 5.74) is 3.97. The fraction of sp³-hybridized carbons (Fsp3) is 0.478. The van der Waals surface area contributed by atoms with Crippen molar-refractivity contribution in [2.24, 2.45) is 5.92 Å². The first-order chi connectivity index (χ1) is 13.2. The standard InChI is InChI=1S/C23H31N3O/c1-3-17(2)13-26-23(27)21-12-20(15-24-16-21)19-10-8-18(9-11-19)14-25-22-6-4-5-7-22/h8-12,15-17,22,25H,3-7,13-14H2,1-2H3,(H,26,27)/t17-/m0/s1. The fourth-order valence-corrected chi connectivity index (χ4v) is 3.44. The summed E-state index contributed by atoms with van der Waals surface area (Å²) in [6, 6.07) is 11.2. The monoisotopic (exact) mass is 365 g/mol. The van der Waals surface area contributed by atoms with E-state index >= 15 is 0 Å². The van der Waals surface area contributed by atoms with Gasteiger partial charge in [-0.15, -0.1) is 0 Å². The fourth-order valence-electron chi connectivity index (χ4n) is 3.44. The third kappa shape index (κ3) is 5.64. The summed E-state index contributed by atoms with van der Waals surface area (Å²) in [5, 5.41) is 6.64. The van der Waals surface area contributed by atoms with Crippen LogP contribution in [0.25, 0.3) is 11.1 Å². The Morgan fingerprint density at radius 3 is 2.59 bits per heavy atom. The second-order valence-corrected chi connectivity index (χ2v) is 7.74. The lowest BCUT2D eigenvalue weighted by Gasteiger charge is -2.12. The van der Waals surface area contributed by atoms with Crippen molar-refractivity contribution >= 4 is 5.91 Å². The summed E-state index contributed by atoms with van der Waals surface area (Å²) < 4.78 is 0. The van der Waals surface area contributed by atoms with E-state index in [1.165, 1.54) is 31.2 Å². The van der Waals surface area contributed by atoms with Gasteiger partial charge in [-0.3, -0.25) is 9.78 Å². The van der Waals surface area contributed by atoms with E-state index in [4.69, 9.17) is 0 Å². The Morgan fingerprint density at radius 2 is 1.89 bits per heavy atom. The Morgan fingerprint density at radius 1 is 1.15 bits per heavy atom. The highest BCUT2D eigenvalue weighted by Crippen LogP contribution is 2.21. The molecule has 0 aliphatic heterocycles. The molecule has 0 saturated heterocycles. The number of carbonyl (C=O) groups excluding carboxylic acids is 1. The van der Waals surface area contributed by atoms with Crippen molar-refractivity contribution in [3.05, 3.63) is 53.9 Å². The number of carbonyl (C=O) groups is 1. The zero-order valence-electron chi connectivity index (χ0n) is 16.5. The summed E-state index contributed by atoms with van der Waals surface area (Å²) >= 11 is 0. The van der Waals surface area contributed by atoms with Crippen LogP contribution < -0.4 is 10.6 Å². The second kappa shape index (κ2) is 9.65. The summed E-state index contributed by atoms with van der Waals surface area (Å²) in [7, 11) is 0. The van der Waals surface area contributed by atoms with Crippen LogP contribution >= 0.6 is 0 Å². The number of hydrogen-bond acceptors (Lipinski definition) is 3. The van der Waals surface area contributed by atoms with Gasteiger partial charge >= 0.3 is 0 Å². The van der Waals surface area contributed by atoms with Crippen LogP contribution in [0.4, 0.5) is 0 Å². The van der Waals surface area contributed by atoms with Crippen LogP contribution in [0.2, 0.25) is 0 Å². The summed E-state index contributed by atoms with van der Waals surface area (Å²) in [5.74, 6) is 0.428. The molecule has 1 saturated carbocycles. The molecule has 1 fully saturated rings. The predicted octanol–water partition coefficient (Wildman–Crippen LogP) is 4.56. The van der Waals surface area contributed by atoms with Gasteiger partial charge in [0.1, 0.15) is 0 Å². The smallest absolute Gasteiger partial charge is 0.252 e. The molecule has 0 unspecified atom stereocenters. The zero-order valence-corrected chi connectivity index (χ0v) is 16.5. The Hall–Kier alpha value is -2.20. The van der Waals surface area contributed by atoms with E-state index in [2.05, 4.69) is 53.7 Å². The Labute approximate surface area is 162 Å². The minimum Gasteiger partial charge on any atom is -0.352 e. The average molecular weight is 366 g/mol. The molecule has 3 rings (SSSR count).